The molecule has 0 saturated carbocycles. The van der Waals surface area contributed by atoms with Gasteiger partial charge >= 0.3 is 12.0 Å². The number of imide groups is 1. The van der Waals surface area contributed by atoms with E-state index in [0.717, 1.165) is 0 Å². The number of carbonyl (C=O) groups is 3. The zero-order valence-electron chi connectivity index (χ0n) is 15.1. The van der Waals surface area contributed by atoms with Crippen molar-refractivity contribution in [3.05, 3.63) is 17.7 Å². The van der Waals surface area contributed by atoms with Gasteiger partial charge in [-0.15, -0.1) is 0 Å². The molecule has 0 saturated heterocycles. The molecule has 0 unspecified atom stereocenters. The Morgan fingerprint density at radius 2 is 1.81 bits per heavy atom. The van der Waals surface area contributed by atoms with E-state index in [1.54, 1.807) is 13.8 Å². The van der Waals surface area contributed by atoms with Crippen molar-refractivity contribution in [2.75, 3.05) is 20.3 Å². The number of fused-ring (bicyclic) bond motifs is 1. The second kappa shape index (κ2) is 8.41. The summed E-state index contributed by atoms with van der Waals surface area (Å²) in [6.07, 6.45) is -1.17. The molecule has 1 aromatic carbocycles. The standard InChI is InChI=1S/C17H22N2O7/c1-9(2)18-17(22)19-15(20)10(3)26-16(21)11-7-12(23-4)14-13(8-11)24-5-6-25-14/h7-10H,5-6H2,1-4H3,(H2,18,19,20,22)/t10-/m0/s1. The van der Waals surface area contributed by atoms with E-state index < -0.39 is 24.0 Å². The SMILES string of the molecule is COc1cc(C(=O)O[C@@H](C)C(=O)NC(=O)NC(C)C)cc2c1OCCO2. The topological polar surface area (TPSA) is 112 Å². The fourth-order valence-corrected chi connectivity index (χ4v) is 2.18. The Balaban J connectivity index is 2.05. The molecule has 0 aliphatic carbocycles. The predicted molar refractivity (Wildman–Crippen MR) is 90.7 cm³/mol. The molecule has 2 N–H and O–H groups in total. The number of benzene rings is 1. The minimum atomic E-state index is -1.17. The van der Waals surface area contributed by atoms with Crippen LogP contribution in [0.5, 0.6) is 17.2 Å². The smallest absolute Gasteiger partial charge is 0.339 e. The van der Waals surface area contributed by atoms with Gasteiger partial charge in [0.05, 0.1) is 12.7 Å². The summed E-state index contributed by atoms with van der Waals surface area (Å²) < 4.78 is 21.2. The number of hydrogen-bond acceptors (Lipinski definition) is 7. The summed E-state index contributed by atoms with van der Waals surface area (Å²) >= 11 is 0. The lowest BCUT2D eigenvalue weighted by molar-refractivity contribution is -0.127. The van der Waals surface area contributed by atoms with Gasteiger partial charge in [-0.05, 0) is 32.9 Å². The van der Waals surface area contributed by atoms with Crippen molar-refractivity contribution in [3.63, 3.8) is 0 Å². The number of carbonyl (C=O) groups excluding carboxylic acids is 3. The molecule has 1 aliphatic rings. The van der Waals surface area contributed by atoms with Crippen LogP contribution < -0.4 is 24.8 Å². The molecule has 0 spiro atoms. The molecule has 0 radical (unpaired) electrons. The van der Waals surface area contributed by atoms with E-state index in [0.29, 0.717) is 30.5 Å². The second-order valence-electron chi connectivity index (χ2n) is 5.87. The lowest BCUT2D eigenvalue weighted by Gasteiger charge is -2.21. The number of hydrogen-bond donors (Lipinski definition) is 2. The summed E-state index contributed by atoms with van der Waals surface area (Å²) in [5.74, 6) is -0.404. The molecular weight excluding hydrogens is 344 g/mol. The van der Waals surface area contributed by atoms with Crippen LogP contribution >= 0.6 is 0 Å². The minimum Gasteiger partial charge on any atom is -0.493 e. The van der Waals surface area contributed by atoms with Crippen molar-refractivity contribution < 1.29 is 33.3 Å². The number of ether oxygens (including phenoxy) is 4. The van der Waals surface area contributed by atoms with Crippen LogP contribution in [0.2, 0.25) is 0 Å². The molecule has 0 fully saturated rings. The Hall–Kier alpha value is -2.97. The lowest BCUT2D eigenvalue weighted by atomic mass is 10.1. The first-order chi connectivity index (χ1) is 12.3. The van der Waals surface area contributed by atoms with Crippen LogP contribution in [0.3, 0.4) is 0 Å². The number of esters is 1. The summed E-state index contributed by atoms with van der Waals surface area (Å²) in [5.41, 5.74) is 0.136. The van der Waals surface area contributed by atoms with E-state index in [-0.39, 0.29) is 11.6 Å². The molecule has 9 heteroatoms. The van der Waals surface area contributed by atoms with Gasteiger partial charge in [-0.1, -0.05) is 0 Å². The molecule has 1 atom stereocenters. The van der Waals surface area contributed by atoms with Gasteiger partial charge in [-0.3, -0.25) is 10.1 Å². The molecule has 0 bridgehead atoms. The number of rotatable bonds is 5. The highest BCUT2D eigenvalue weighted by Gasteiger charge is 2.25. The van der Waals surface area contributed by atoms with Crippen molar-refractivity contribution in [1.82, 2.24) is 10.6 Å². The average Bonchev–Trinajstić information content (AvgIpc) is 2.59. The average molecular weight is 366 g/mol. The molecule has 1 aliphatic heterocycles. The number of urea groups is 1. The summed E-state index contributed by atoms with van der Waals surface area (Å²) in [6.45, 7) is 5.60. The molecule has 26 heavy (non-hydrogen) atoms. The third-order valence-electron chi connectivity index (χ3n) is 3.37. The normalized spacial score (nSPS) is 13.6. The predicted octanol–water partition coefficient (Wildman–Crippen LogP) is 1.25. The van der Waals surface area contributed by atoms with Gasteiger partial charge < -0.3 is 24.3 Å². The molecule has 0 aromatic heterocycles. The Morgan fingerprint density at radius 1 is 1.12 bits per heavy atom. The first-order valence-corrected chi connectivity index (χ1v) is 8.11. The maximum atomic E-state index is 12.3. The van der Waals surface area contributed by atoms with Crippen molar-refractivity contribution in [3.8, 4) is 17.2 Å². The fraction of sp³-hybridized carbons (Fsp3) is 0.471. The van der Waals surface area contributed by atoms with Crippen LogP contribution in [0, 0.1) is 0 Å². The van der Waals surface area contributed by atoms with E-state index in [4.69, 9.17) is 18.9 Å². The van der Waals surface area contributed by atoms with Crippen LogP contribution in [0.25, 0.3) is 0 Å². The Kier molecular flexibility index (Phi) is 6.26. The van der Waals surface area contributed by atoms with Gasteiger partial charge in [-0.25, -0.2) is 9.59 Å². The van der Waals surface area contributed by atoms with Crippen molar-refractivity contribution in [2.45, 2.75) is 32.9 Å². The number of nitrogens with one attached hydrogen (secondary N) is 2. The monoisotopic (exact) mass is 366 g/mol. The third kappa shape index (κ3) is 4.78. The van der Waals surface area contributed by atoms with E-state index >= 15 is 0 Å². The highest BCUT2D eigenvalue weighted by atomic mass is 16.6. The van der Waals surface area contributed by atoms with Crippen LogP contribution in [-0.2, 0) is 9.53 Å². The van der Waals surface area contributed by atoms with Crippen molar-refractivity contribution in [1.29, 1.82) is 0 Å². The van der Waals surface area contributed by atoms with Crippen LogP contribution in [0.15, 0.2) is 12.1 Å². The van der Waals surface area contributed by atoms with Crippen LogP contribution in [0.4, 0.5) is 4.79 Å². The van der Waals surface area contributed by atoms with Crippen molar-refractivity contribution in [2.24, 2.45) is 0 Å². The molecular formula is C17H22N2O7. The summed E-state index contributed by atoms with van der Waals surface area (Å²) in [4.78, 5) is 35.8. The first-order valence-electron chi connectivity index (χ1n) is 8.11. The summed E-state index contributed by atoms with van der Waals surface area (Å²) in [7, 11) is 1.44. The summed E-state index contributed by atoms with van der Waals surface area (Å²) in [5, 5.41) is 4.61. The van der Waals surface area contributed by atoms with Gasteiger partial charge in [0.15, 0.2) is 17.6 Å². The molecule has 1 aromatic rings. The van der Waals surface area contributed by atoms with Crippen LogP contribution in [-0.4, -0.2) is 50.4 Å². The summed E-state index contributed by atoms with van der Waals surface area (Å²) in [6, 6.07) is 2.10. The van der Waals surface area contributed by atoms with E-state index in [9.17, 15) is 14.4 Å². The second-order valence-corrected chi connectivity index (χ2v) is 5.87. The maximum Gasteiger partial charge on any atom is 0.339 e. The van der Waals surface area contributed by atoms with Crippen LogP contribution in [0.1, 0.15) is 31.1 Å². The zero-order valence-corrected chi connectivity index (χ0v) is 15.1. The molecule has 1 heterocycles. The van der Waals surface area contributed by atoms with E-state index in [1.807, 2.05) is 0 Å². The van der Waals surface area contributed by atoms with E-state index in [1.165, 1.54) is 26.2 Å². The Bertz CT molecular complexity index is 685. The lowest BCUT2D eigenvalue weighted by Crippen LogP contribution is -2.46. The minimum absolute atomic E-state index is 0.133. The van der Waals surface area contributed by atoms with Crippen molar-refractivity contribution >= 4 is 17.9 Å². The van der Waals surface area contributed by atoms with Gasteiger partial charge in [0.1, 0.15) is 13.2 Å². The molecule has 2 rings (SSSR count). The first kappa shape index (κ1) is 19.4. The van der Waals surface area contributed by atoms with Gasteiger partial charge in [0.25, 0.3) is 5.91 Å². The largest absolute Gasteiger partial charge is 0.493 e. The quantitative estimate of drug-likeness (QED) is 0.754. The van der Waals surface area contributed by atoms with Gasteiger partial charge in [0, 0.05) is 6.04 Å². The third-order valence-corrected chi connectivity index (χ3v) is 3.37. The fourth-order valence-electron chi connectivity index (χ4n) is 2.18. The molecule has 142 valence electrons. The zero-order chi connectivity index (χ0) is 19.3. The van der Waals surface area contributed by atoms with E-state index in [2.05, 4.69) is 10.6 Å². The highest BCUT2D eigenvalue weighted by molar-refractivity contribution is 5.98. The number of amides is 3. The van der Waals surface area contributed by atoms with Gasteiger partial charge in [0.2, 0.25) is 5.75 Å². The van der Waals surface area contributed by atoms with Gasteiger partial charge in [-0.2, -0.15) is 0 Å². The molecule has 9 nitrogen and oxygen atoms in total. The number of methoxy groups -OCH3 is 1. The molecule has 3 amide bonds. The Morgan fingerprint density at radius 3 is 2.46 bits per heavy atom. The Labute approximate surface area is 150 Å². The maximum absolute atomic E-state index is 12.3. The highest BCUT2D eigenvalue weighted by Crippen LogP contribution is 2.40.